The molecule has 0 saturated carbocycles. The van der Waals surface area contributed by atoms with Gasteiger partial charge in [-0.25, -0.2) is 18.2 Å². The SMILES string of the molecule is N=C(Cl)c1cccc(CN(NS(=O)(=O)c2ccc3ccccc3c2)C(=O)N2CCCCCC2)c1. The highest BCUT2D eigenvalue weighted by atomic mass is 35.5. The van der Waals surface area contributed by atoms with Crippen LogP contribution in [0, 0.1) is 5.41 Å². The van der Waals surface area contributed by atoms with Crippen LogP contribution >= 0.6 is 11.6 Å². The van der Waals surface area contributed by atoms with Crippen LogP contribution in [-0.4, -0.2) is 42.6 Å². The van der Waals surface area contributed by atoms with Crippen LogP contribution in [0.4, 0.5) is 4.79 Å². The van der Waals surface area contributed by atoms with Crippen molar-refractivity contribution in [2.24, 2.45) is 0 Å². The van der Waals surface area contributed by atoms with Gasteiger partial charge in [0, 0.05) is 18.7 Å². The molecule has 2 N–H and O–H groups in total. The molecule has 2 amide bonds. The summed E-state index contributed by atoms with van der Waals surface area (Å²) in [7, 11) is -4.03. The number of carbonyl (C=O) groups is 1. The van der Waals surface area contributed by atoms with Gasteiger partial charge in [0.15, 0.2) is 0 Å². The summed E-state index contributed by atoms with van der Waals surface area (Å²) in [5.41, 5.74) is 1.16. The number of carbonyl (C=O) groups excluding carboxylic acids is 1. The Labute approximate surface area is 204 Å². The van der Waals surface area contributed by atoms with E-state index in [1.165, 1.54) is 6.07 Å². The van der Waals surface area contributed by atoms with Crippen molar-refractivity contribution in [3.63, 3.8) is 0 Å². The van der Waals surface area contributed by atoms with E-state index in [-0.39, 0.29) is 16.6 Å². The van der Waals surface area contributed by atoms with Gasteiger partial charge < -0.3 is 4.90 Å². The lowest BCUT2D eigenvalue weighted by atomic mass is 10.1. The molecule has 0 bridgehead atoms. The maximum atomic E-state index is 13.5. The van der Waals surface area contributed by atoms with Crippen LogP contribution < -0.4 is 4.83 Å². The van der Waals surface area contributed by atoms with E-state index in [0.717, 1.165) is 41.5 Å². The molecule has 0 atom stereocenters. The average Bonchev–Trinajstić information content (AvgIpc) is 3.12. The third-order valence-electron chi connectivity index (χ3n) is 5.89. The summed E-state index contributed by atoms with van der Waals surface area (Å²) in [6.45, 7) is 1.17. The fourth-order valence-corrected chi connectivity index (χ4v) is 5.28. The van der Waals surface area contributed by atoms with Crippen molar-refractivity contribution in [1.29, 1.82) is 5.41 Å². The second-order valence-electron chi connectivity index (χ2n) is 8.39. The van der Waals surface area contributed by atoms with Crippen molar-refractivity contribution < 1.29 is 13.2 Å². The maximum absolute atomic E-state index is 13.5. The number of nitrogens with zero attached hydrogens (tertiary/aromatic N) is 2. The van der Waals surface area contributed by atoms with Gasteiger partial charge in [0.25, 0.3) is 10.0 Å². The van der Waals surface area contributed by atoms with E-state index in [1.54, 1.807) is 41.3 Å². The molecule has 1 heterocycles. The molecule has 0 unspecified atom stereocenters. The van der Waals surface area contributed by atoms with Crippen molar-refractivity contribution in [3.05, 3.63) is 77.9 Å². The van der Waals surface area contributed by atoms with Gasteiger partial charge in [0.05, 0.1) is 11.4 Å². The standard InChI is InChI=1S/C25H27ClN4O3S/c26-24(27)22-11-7-8-19(16-22)18-30(25(31)29-14-5-1-2-6-15-29)28-34(32,33)23-13-12-20-9-3-4-10-21(20)17-23/h3-4,7-13,16-17,27-28H,1-2,5-6,14-15,18H2. The second kappa shape index (κ2) is 10.5. The summed E-state index contributed by atoms with van der Waals surface area (Å²) in [4.78, 5) is 17.7. The van der Waals surface area contributed by atoms with Crippen molar-refractivity contribution in [2.75, 3.05) is 13.1 Å². The topological polar surface area (TPSA) is 93.6 Å². The van der Waals surface area contributed by atoms with Crippen LogP contribution in [0.25, 0.3) is 10.8 Å². The van der Waals surface area contributed by atoms with Gasteiger partial charge in [0.1, 0.15) is 5.17 Å². The van der Waals surface area contributed by atoms with Gasteiger partial charge in [-0.15, -0.1) is 4.83 Å². The molecule has 1 fully saturated rings. The minimum atomic E-state index is -4.03. The number of hydrazine groups is 1. The first-order chi connectivity index (χ1) is 16.3. The average molecular weight is 499 g/mol. The smallest absolute Gasteiger partial charge is 0.324 e. The molecule has 0 aliphatic carbocycles. The summed E-state index contributed by atoms with van der Waals surface area (Å²) in [5.74, 6) is 0. The van der Waals surface area contributed by atoms with Gasteiger partial charge in [-0.05, 0) is 47.4 Å². The second-order valence-corrected chi connectivity index (χ2v) is 10.4. The highest BCUT2D eigenvalue weighted by molar-refractivity contribution is 7.89. The monoisotopic (exact) mass is 498 g/mol. The van der Waals surface area contributed by atoms with E-state index < -0.39 is 16.1 Å². The minimum absolute atomic E-state index is 0.000152. The highest BCUT2D eigenvalue weighted by Crippen LogP contribution is 2.20. The number of urea groups is 1. The van der Waals surface area contributed by atoms with E-state index in [4.69, 9.17) is 17.0 Å². The van der Waals surface area contributed by atoms with Crippen molar-refractivity contribution >= 4 is 43.6 Å². The van der Waals surface area contributed by atoms with Gasteiger partial charge in [-0.1, -0.05) is 73.0 Å². The molecule has 1 aliphatic rings. The molecule has 4 rings (SSSR count). The van der Waals surface area contributed by atoms with Crippen LogP contribution in [0.3, 0.4) is 0 Å². The molecule has 3 aromatic carbocycles. The number of hydrogen-bond donors (Lipinski definition) is 2. The lowest BCUT2D eigenvalue weighted by Gasteiger charge is -2.30. The zero-order valence-electron chi connectivity index (χ0n) is 18.7. The molecule has 0 aromatic heterocycles. The van der Waals surface area contributed by atoms with Gasteiger partial charge in [-0.2, -0.15) is 0 Å². The number of sulfonamides is 1. The Balaban J connectivity index is 1.65. The number of halogens is 1. The maximum Gasteiger partial charge on any atom is 0.335 e. The van der Waals surface area contributed by atoms with Crippen LogP contribution in [0.5, 0.6) is 0 Å². The molecule has 1 aliphatic heterocycles. The normalized spacial score (nSPS) is 14.6. The fourth-order valence-electron chi connectivity index (χ4n) is 4.09. The molecule has 3 aromatic rings. The number of benzene rings is 3. The number of fused-ring (bicyclic) bond motifs is 1. The molecule has 7 nitrogen and oxygen atoms in total. The zero-order valence-corrected chi connectivity index (χ0v) is 20.3. The van der Waals surface area contributed by atoms with E-state index in [0.29, 0.717) is 24.2 Å². The Hall–Kier alpha value is -2.94. The lowest BCUT2D eigenvalue weighted by Crippen LogP contribution is -2.51. The number of hydrogen-bond acceptors (Lipinski definition) is 4. The van der Waals surface area contributed by atoms with Crippen LogP contribution in [-0.2, 0) is 16.6 Å². The molecule has 1 saturated heterocycles. The number of nitrogens with one attached hydrogen (secondary N) is 2. The van der Waals surface area contributed by atoms with E-state index in [2.05, 4.69) is 4.83 Å². The Morgan fingerprint density at radius 2 is 1.65 bits per heavy atom. The molecular weight excluding hydrogens is 472 g/mol. The third kappa shape index (κ3) is 5.75. The fraction of sp³-hybridized carbons (Fsp3) is 0.280. The first kappa shape index (κ1) is 24.2. The zero-order chi connectivity index (χ0) is 24.1. The van der Waals surface area contributed by atoms with Gasteiger partial charge >= 0.3 is 6.03 Å². The van der Waals surface area contributed by atoms with Crippen molar-refractivity contribution in [1.82, 2.24) is 14.7 Å². The Morgan fingerprint density at radius 3 is 2.35 bits per heavy atom. The molecule has 0 radical (unpaired) electrons. The van der Waals surface area contributed by atoms with E-state index in [1.807, 2.05) is 24.3 Å². The molecule has 9 heteroatoms. The van der Waals surface area contributed by atoms with Crippen LogP contribution in [0.1, 0.15) is 36.8 Å². The van der Waals surface area contributed by atoms with E-state index in [9.17, 15) is 13.2 Å². The molecular formula is C25H27ClN4O3S. The lowest BCUT2D eigenvalue weighted by molar-refractivity contribution is 0.142. The summed E-state index contributed by atoms with van der Waals surface area (Å²) < 4.78 is 26.7. The Kier molecular flexibility index (Phi) is 7.50. The quantitative estimate of drug-likeness (QED) is 0.366. The number of amides is 2. The Bertz CT molecular complexity index is 1300. The number of rotatable bonds is 6. The highest BCUT2D eigenvalue weighted by Gasteiger charge is 2.27. The third-order valence-corrected chi connectivity index (χ3v) is 7.44. The van der Waals surface area contributed by atoms with Crippen LogP contribution in [0.2, 0.25) is 0 Å². The molecule has 178 valence electrons. The largest absolute Gasteiger partial charge is 0.335 e. The minimum Gasteiger partial charge on any atom is -0.324 e. The Morgan fingerprint density at radius 1 is 0.941 bits per heavy atom. The molecule has 0 spiro atoms. The van der Waals surface area contributed by atoms with Gasteiger partial charge in [-0.3, -0.25) is 5.41 Å². The summed E-state index contributed by atoms with van der Waals surface area (Å²) in [6.07, 6.45) is 3.87. The van der Waals surface area contributed by atoms with Gasteiger partial charge in [0.2, 0.25) is 0 Å². The predicted molar refractivity (Wildman–Crippen MR) is 134 cm³/mol. The summed E-state index contributed by atoms with van der Waals surface area (Å²) in [5, 5.41) is 10.4. The first-order valence-corrected chi connectivity index (χ1v) is 13.1. The van der Waals surface area contributed by atoms with Crippen LogP contribution in [0.15, 0.2) is 71.6 Å². The number of likely N-dealkylation sites (tertiary alicyclic amines) is 1. The van der Waals surface area contributed by atoms with Crippen molar-refractivity contribution in [2.45, 2.75) is 37.1 Å². The predicted octanol–water partition coefficient (Wildman–Crippen LogP) is 5.10. The van der Waals surface area contributed by atoms with Crippen molar-refractivity contribution in [3.8, 4) is 0 Å². The summed E-state index contributed by atoms with van der Waals surface area (Å²) >= 11 is 5.83. The first-order valence-electron chi connectivity index (χ1n) is 11.2. The molecule has 34 heavy (non-hydrogen) atoms. The summed E-state index contributed by atoms with van der Waals surface area (Å²) in [6, 6.07) is 18.9. The van der Waals surface area contributed by atoms with E-state index >= 15 is 0 Å².